The summed E-state index contributed by atoms with van der Waals surface area (Å²) in [5.74, 6) is -0.219. The number of hydrogen-bond acceptors (Lipinski definition) is 5. The number of anilines is 1. The molecule has 0 aliphatic carbocycles. The van der Waals surface area contributed by atoms with Gasteiger partial charge in [-0.1, -0.05) is 25.4 Å². The summed E-state index contributed by atoms with van der Waals surface area (Å²) >= 11 is 7.15. The zero-order valence-corrected chi connectivity index (χ0v) is 11.5. The van der Waals surface area contributed by atoms with E-state index in [1.165, 1.54) is 0 Å². The fourth-order valence-electron chi connectivity index (χ4n) is 1.46. The Kier molecular flexibility index (Phi) is 3.79. The van der Waals surface area contributed by atoms with Gasteiger partial charge in [0.25, 0.3) is 0 Å². The van der Waals surface area contributed by atoms with E-state index in [0.29, 0.717) is 21.7 Å². The smallest absolute Gasteiger partial charge is 0.241 e. The molecule has 0 saturated heterocycles. The Morgan fingerprint density at radius 3 is 2.83 bits per heavy atom. The third kappa shape index (κ3) is 2.45. The fraction of sp³-hybridized carbons (Fsp3) is 0.364. The summed E-state index contributed by atoms with van der Waals surface area (Å²) in [7, 11) is 0. The second-order valence-corrected chi connectivity index (χ2v) is 5.25. The molecule has 2 aromatic rings. The van der Waals surface area contributed by atoms with Gasteiger partial charge in [-0.2, -0.15) is 8.75 Å². The Morgan fingerprint density at radius 1 is 1.44 bits per heavy atom. The average molecular weight is 285 g/mol. The second kappa shape index (κ2) is 5.17. The molecule has 0 aliphatic rings. The van der Waals surface area contributed by atoms with Crippen LogP contribution in [0.2, 0.25) is 5.02 Å². The summed E-state index contributed by atoms with van der Waals surface area (Å²) in [5.41, 5.74) is 7.57. The minimum atomic E-state index is -0.581. The Bertz CT molecular complexity index is 583. The summed E-state index contributed by atoms with van der Waals surface area (Å²) in [6.07, 6.45) is 0. The first kappa shape index (κ1) is 13.2. The van der Waals surface area contributed by atoms with Gasteiger partial charge in [0.05, 0.1) is 28.5 Å². The molecule has 0 radical (unpaired) electrons. The van der Waals surface area contributed by atoms with E-state index in [1.807, 2.05) is 13.8 Å². The summed E-state index contributed by atoms with van der Waals surface area (Å²) in [6, 6.07) is 2.86. The van der Waals surface area contributed by atoms with Crippen molar-refractivity contribution in [2.75, 3.05) is 5.32 Å². The normalized spacial score (nSPS) is 12.9. The van der Waals surface area contributed by atoms with Crippen molar-refractivity contribution >= 4 is 46.0 Å². The standard InChI is InChI=1S/C11H13ClN4OS/c1-5(2)8(13)11(17)14-9-6(12)3-4-7-10(9)16-18-15-7/h3-5,8H,13H2,1-2H3,(H,14,17)/t8-/m0/s1. The van der Waals surface area contributed by atoms with Crippen LogP contribution in [0, 0.1) is 5.92 Å². The van der Waals surface area contributed by atoms with E-state index >= 15 is 0 Å². The van der Waals surface area contributed by atoms with Gasteiger partial charge in [0.15, 0.2) is 0 Å². The summed E-state index contributed by atoms with van der Waals surface area (Å²) < 4.78 is 8.22. The van der Waals surface area contributed by atoms with E-state index in [-0.39, 0.29) is 11.8 Å². The third-order valence-electron chi connectivity index (χ3n) is 2.65. The molecule has 1 heterocycles. The van der Waals surface area contributed by atoms with Crippen LogP contribution in [0.3, 0.4) is 0 Å². The molecule has 0 aliphatic heterocycles. The van der Waals surface area contributed by atoms with Crippen molar-refractivity contribution in [2.24, 2.45) is 11.7 Å². The minimum Gasteiger partial charge on any atom is -0.322 e. The molecular formula is C11H13ClN4OS. The van der Waals surface area contributed by atoms with Crippen molar-refractivity contribution in [3.63, 3.8) is 0 Å². The van der Waals surface area contributed by atoms with Crippen molar-refractivity contribution < 1.29 is 4.79 Å². The topological polar surface area (TPSA) is 80.9 Å². The maximum Gasteiger partial charge on any atom is 0.241 e. The minimum absolute atomic E-state index is 0.0523. The highest BCUT2D eigenvalue weighted by atomic mass is 35.5. The number of nitrogens with two attached hydrogens (primary N) is 1. The van der Waals surface area contributed by atoms with Crippen molar-refractivity contribution in [3.8, 4) is 0 Å². The number of nitrogens with one attached hydrogen (secondary N) is 1. The number of carbonyl (C=O) groups excluding carboxylic acids is 1. The van der Waals surface area contributed by atoms with Crippen molar-refractivity contribution in [3.05, 3.63) is 17.2 Å². The van der Waals surface area contributed by atoms with Gasteiger partial charge in [0.1, 0.15) is 11.0 Å². The molecule has 2 rings (SSSR count). The lowest BCUT2D eigenvalue weighted by Crippen LogP contribution is -2.39. The van der Waals surface area contributed by atoms with Gasteiger partial charge < -0.3 is 11.1 Å². The number of nitrogens with zero attached hydrogens (tertiary/aromatic N) is 2. The highest BCUT2D eigenvalue weighted by molar-refractivity contribution is 7.00. The molecule has 1 atom stereocenters. The molecular weight excluding hydrogens is 272 g/mol. The molecule has 5 nitrogen and oxygen atoms in total. The number of aromatic nitrogens is 2. The van der Waals surface area contributed by atoms with E-state index in [9.17, 15) is 4.79 Å². The Hall–Kier alpha value is -1.24. The van der Waals surface area contributed by atoms with Crippen molar-refractivity contribution in [2.45, 2.75) is 19.9 Å². The van der Waals surface area contributed by atoms with Gasteiger partial charge in [0.2, 0.25) is 5.91 Å². The molecule has 1 aromatic heterocycles. The van der Waals surface area contributed by atoms with Crippen LogP contribution in [-0.4, -0.2) is 20.7 Å². The van der Waals surface area contributed by atoms with Crippen LogP contribution in [-0.2, 0) is 4.79 Å². The molecule has 1 aromatic carbocycles. The Balaban J connectivity index is 2.34. The molecule has 0 bridgehead atoms. The molecule has 18 heavy (non-hydrogen) atoms. The quantitative estimate of drug-likeness (QED) is 0.906. The zero-order valence-electron chi connectivity index (χ0n) is 9.98. The molecule has 7 heteroatoms. The average Bonchev–Trinajstić information content (AvgIpc) is 2.79. The van der Waals surface area contributed by atoms with Crippen LogP contribution in [0.25, 0.3) is 11.0 Å². The highest BCUT2D eigenvalue weighted by Crippen LogP contribution is 2.30. The van der Waals surface area contributed by atoms with Gasteiger partial charge in [-0.15, -0.1) is 0 Å². The Labute approximate surface area is 114 Å². The van der Waals surface area contributed by atoms with E-state index in [4.69, 9.17) is 17.3 Å². The maximum atomic E-state index is 11.9. The fourth-order valence-corrected chi connectivity index (χ4v) is 2.20. The molecule has 0 fully saturated rings. The SMILES string of the molecule is CC(C)[C@H](N)C(=O)Nc1c(Cl)ccc2nsnc12. The number of rotatable bonds is 3. The first-order chi connectivity index (χ1) is 8.50. The van der Waals surface area contributed by atoms with E-state index in [0.717, 1.165) is 11.7 Å². The lowest BCUT2D eigenvalue weighted by Gasteiger charge is -2.16. The number of amides is 1. The van der Waals surface area contributed by atoms with Crippen LogP contribution < -0.4 is 11.1 Å². The zero-order chi connectivity index (χ0) is 13.3. The monoisotopic (exact) mass is 284 g/mol. The van der Waals surface area contributed by atoms with Crippen molar-refractivity contribution in [1.29, 1.82) is 0 Å². The van der Waals surface area contributed by atoms with Crippen LogP contribution in [0.15, 0.2) is 12.1 Å². The largest absolute Gasteiger partial charge is 0.322 e. The molecule has 0 saturated carbocycles. The molecule has 3 N–H and O–H groups in total. The number of fused-ring (bicyclic) bond motifs is 1. The van der Waals surface area contributed by atoms with Crippen LogP contribution in [0.5, 0.6) is 0 Å². The highest BCUT2D eigenvalue weighted by Gasteiger charge is 2.20. The molecule has 96 valence electrons. The molecule has 0 unspecified atom stereocenters. The summed E-state index contributed by atoms with van der Waals surface area (Å²) in [6.45, 7) is 3.77. The predicted molar refractivity (Wildman–Crippen MR) is 73.9 cm³/mol. The van der Waals surface area contributed by atoms with Gasteiger partial charge in [-0.05, 0) is 18.1 Å². The number of hydrogen-bond donors (Lipinski definition) is 2. The van der Waals surface area contributed by atoms with Gasteiger partial charge in [-0.25, -0.2) is 0 Å². The van der Waals surface area contributed by atoms with Crippen LogP contribution in [0.4, 0.5) is 5.69 Å². The second-order valence-electron chi connectivity index (χ2n) is 4.31. The summed E-state index contributed by atoms with van der Waals surface area (Å²) in [4.78, 5) is 11.9. The summed E-state index contributed by atoms with van der Waals surface area (Å²) in [5, 5.41) is 3.16. The first-order valence-electron chi connectivity index (χ1n) is 5.48. The van der Waals surface area contributed by atoms with Crippen LogP contribution >= 0.6 is 23.3 Å². The molecule has 0 spiro atoms. The van der Waals surface area contributed by atoms with Crippen LogP contribution in [0.1, 0.15) is 13.8 Å². The van der Waals surface area contributed by atoms with Gasteiger partial charge in [-0.3, -0.25) is 4.79 Å². The third-order valence-corrected chi connectivity index (χ3v) is 3.50. The van der Waals surface area contributed by atoms with E-state index in [2.05, 4.69) is 14.1 Å². The number of carbonyl (C=O) groups is 1. The first-order valence-corrected chi connectivity index (χ1v) is 6.58. The number of halogens is 1. The molecule has 1 amide bonds. The van der Waals surface area contributed by atoms with Gasteiger partial charge >= 0.3 is 0 Å². The van der Waals surface area contributed by atoms with Crippen molar-refractivity contribution in [1.82, 2.24) is 8.75 Å². The Morgan fingerprint density at radius 2 is 2.17 bits per heavy atom. The van der Waals surface area contributed by atoms with E-state index < -0.39 is 6.04 Å². The lowest BCUT2D eigenvalue weighted by atomic mass is 10.0. The predicted octanol–water partition coefficient (Wildman–Crippen LogP) is 2.27. The lowest BCUT2D eigenvalue weighted by molar-refractivity contribution is -0.118. The van der Waals surface area contributed by atoms with E-state index in [1.54, 1.807) is 12.1 Å². The number of benzene rings is 1. The van der Waals surface area contributed by atoms with Gasteiger partial charge in [0, 0.05) is 0 Å². The maximum absolute atomic E-state index is 11.9.